The highest BCUT2D eigenvalue weighted by molar-refractivity contribution is 5.80. The van der Waals surface area contributed by atoms with Crippen LogP contribution in [0.4, 0.5) is 0 Å². The summed E-state index contributed by atoms with van der Waals surface area (Å²) >= 11 is 0. The van der Waals surface area contributed by atoms with E-state index in [0.717, 1.165) is 32.1 Å². The summed E-state index contributed by atoms with van der Waals surface area (Å²) in [5.41, 5.74) is 0. The zero-order valence-corrected chi connectivity index (χ0v) is 15.7. The van der Waals surface area contributed by atoms with Gasteiger partial charge in [-0.1, -0.05) is 13.8 Å². The molecule has 2 unspecified atom stereocenters. The van der Waals surface area contributed by atoms with Crippen LogP contribution in [-0.2, 0) is 9.53 Å². The van der Waals surface area contributed by atoms with Crippen LogP contribution in [0, 0.1) is 5.92 Å². The van der Waals surface area contributed by atoms with E-state index in [1.807, 2.05) is 12.1 Å². The number of rotatable bonds is 8. The van der Waals surface area contributed by atoms with Gasteiger partial charge in [0, 0.05) is 25.7 Å². The number of benzene rings is 1. The Hall–Kier alpha value is -1.79. The standard InChI is InChI=1S/C19H30N2O4/c1-14(2)18(21-9-11-24-12-10-21)13-20-19(22)15(3)25-17-7-5-16(23-4)6-8-17/h5-8,14-15,18H,9-13H2,1-4H3,(H,20,22). The van der Waals surface area contributed by atoms with E-state index in [1.165, 1.54) is 0 Å². The largest absolute Gasteiger partial charge is 0.497 e. The molecule has 0 bridgehead atoms. The van der Waals surface area contributed by atoms with Crippen LogP contribution in [0.5, 0.6) is 11.5 Å². The highest BCUT2D eigenvalue weighted by Gasteiger charge is 2.25. The molecular formula is C19H30N2O4. The predicted molar refractivity (Wildman–Crippen MR) is 97.1 cm³/mol. The van der Waals surface area contributed by atoms with Gasteiger partial charge in [-0.25, -0.2) is 0 Å². The molecule has 2 atom stereocenters. The Morgan fingerprint density at radius 2 is 1.76 bits per heavy atom. The minimum absolute atomic E-state index is 0.102. The second kappa shape index (κ2) is 9.63. The average molecular weight is 350 g/mol. The number of amides is 1. The van der Waals surface area contributed by atoms with Crippen molar-refractivity contribution >= 4 is 5.91 Å². The first-order valence-electron chi connectivity index (χ1n) is 8.91. The van der Waals surface area contributed by atoms with E-state index in [1.54, 1.807) is 26.2 Å². The van der Waals surface area contributed by atoms with Crippen molar-refractivity contribution in [2.75, 3.05) is 40.0 Å². The number of hydrogen-bond acceptors (Lipinski definition) is 5. The monoisotopic (exact) mass is 350 g/mol. The van der Waals surface area contributed by atoms with Gasteiger partial charge >= 0.3 is 0 Å². The molecule has 1 saturated heterocycles. The van der Waals surface area contributed by atoms with E-state index in [4.69, 9.17) is 14.2 Å². The quantitative estimate of drug-likeness (QED) is 0.776. The van der Waals surface area contributed by atoms with Gasteiger partial charge in [0.25, 0.3) is 5.91 Å². The summed E-state index contributed by atoms with van der Waals surface area (Å²) in [6, 6.07) is 7.53. The van der Waals surface area contributed by atoms with Crippen molar-refractivity contribution in [3.8, 4) is 11.5 Å². The zero-order chi connectivity index (χ0) is 18.2. The summed E-state index contributed by atoms with van der Waals surface area (Å²) in [7, 11) is 1.62. The summed E-state index contributed by atoms with van der Waals surface area (Å²) in [5, 5.41) is 3.03. The number of methoxy groups -OCH3 is 1. The Kier molecular flexibility index (Phi) is 7.52. The van der Waals surface area contributed by atoms with Gasteiger partial charge in [-0.05, 0) is 37.1 Å². The van der Waals surface area contributed by atoms with Crippen LogP contribution in [0.3, 0.4) is 0 Å². The molecule has 6 nitrogen and oxygen atoms in total. The highest BCUT2D eigenvalue weighted by Crippen LogP contribution is 2.18. The maximum atomic E-state index is 12.4. The molecule has 1 N–H and O–H groups in total. The third-order valence-corrected chi connectivity index (χ3v) is 4.51. The molecule has 0 aromatic heterocycles. The van der Waals surface area contributed by atoms with Gasteiger partial charge in [-0.2, -0.15) is 0 Å². The lowest BCUT2D eigenvalue weighted by molar-refractivity contribution is -0.127. The molecule has 0 radical (unpaired) electrons. The van der Waals surface area contributed by atoms with Crippen LogP contribution in [0.25, 0.3) is 0 Å². The van der Waals surface area contributed by atoms with E-state index in [9.17, 15) is 4.79 Å². The Bertz CT molecular complexity index is 527. The molecule has 1 aromatic rings. The van der Waals surface area contributed by atoms with Crippen LogP contribution in [0.1, 0.15) is 20.8 Å². The number of carbonyl (C=O) groups is 1. The van der Waals surface area contributed by atoms with Gasteiger partial charge in [-0.3, -0.25) is 9.69 Å². The molecule has 1 aliphatic heterocycles. The highest BCUT2D eigenvalue weighted by atomic mass is 16.5. The molecule has 1 fully saturated rings. The summed E-state index contributed by atoms with van der Waals surface area (Å²) in [6.45, 7) is 10.1. The van der Waals surface area contributed by atoms with E-state index < -0.39 is 6.10 Å². The van der Waals surface area contributed by atoms with Crippen molar-refractivity contribution in [3.05, 3.63) is 24.3 Å². The normalized spacial score (nSPS) is 17.8. The van der Waals surface area contributed by atoms with Gasteiger partial charge in [0.05, 0.1) is 20.3 Å². The summed E-state index contributed by atoms with van der Waals surface area (Å²) in [6.07, 6.45) is -0.550. The lowest BCUT2D eigenvalue weighted by Gasteiger charge is -2.37. The maximum absolute atomic E-state index is 12.4. The fourth-order valence-corrected chi connectivity index (χ4v) is 2.96. The third-order valence-electron chi connectivity index (χ3n) is 4.51. The van der Waals surface area contributed by atoms with Gasteiger partial charge in [0.2, 0.25) is 0 Å². The minimum Gasteiger partial charge on any atom is -0.497 e. The fraction of sp³-hybridized carbons (Fsp3) is 0.632. The first kappa shape index (κ1) is 19.5. The Morgan fingerprint density at radius 3 is 2.32 bits per heavy atom. The van der Waals surface area contributed by atoms with Gasteiger partial charge < -0.3 is 19.5 Å². The number of nitrogens with one attached hydrogen (secondary N) is 1. The minimum atomic E-state index is -0.550. The first-order chi connectivity index (χ1) is 12.0. The molecule has 1 amide bonds. The average Bonchev–Trinajstić information content (AvgIpc) is 2.63. The van der Waals surface area contributed by atoms with Gasteiger partial charge in [0.1, 0.15) is 11.5 Å². The molecule has 1 heterocycles. The van der Waals surface area contributed by atoms with Crippen molar-refractivity contribution in [2.24, 2.45) is 5.92 Å². The maximum Gasteiger partial charge on any atom is 0.260 e. The Morgan fingerprint density at radius 1 is 1.16 bits per heavy atom. The Balaban J connectivity index is 1.83. The number of hydrogen-bond donors (Lipinski definition) is 1. The third kappa shape index (κ3) is 5.90. The second-order valence-electron chi connectivity index (χ2n) is 6.64. The number of carbonyl (C=O) groups excluding carboxylic acids is 1. The van der Waals surface area contributed by atoms with Gasteiger partial charge in [-0.15, -0.1) is 0 Å². The van der Waals surface area contributed by atoms with E-state index >= 15 is 0 Å². The number of nitrogens with zero attached hydrogens (tertiary/aromatic N) is 1. The van der Waals surface area contributed by atoms with Crippen molar-refractivity contribution < 1.29 is 19.0 Å². The molecule has 140 valence electrons. The van der Waals surface area contributed by atoms with Crippen molar-refractivity contribution in [3.63, 3.8) is 0 Å². The fourth-order valence-electron chi connectivity index (χ4n) is 2.96. The van der Waals surface area contributed by atoms with Gasteiger partial charge in [0.15, 0.2) is 6.10 Å². The van der Waals surface area contributed by atoms with Crippen LogP contribution < -0.4 is 14.8 Å². The van der Waals surface area contributed by atoms with E-state index in [2.05, 4.69) is 24.1 Å². The van der Waals surface area contributed by atoms with Crippen molar-refractivity contribution in [1.29, 1.82) is 0 Å². The predicted octanol–water partition coefficient (Wildman–Crippen LogP) is 1.94. The molecule has 6 heteroatoms. The topological polar surface area (TPSA) is 60.0 Å². The van der Waals surface area contributed by atoms with Crippen molar-refractivity contribution in [2.45, 2.75) is 32.9 Å². The zero-order valence-electron chi connectivity index (χ0n) is 15.7. The van der Waals surface area contributed by atoms with Crippen LogP contribution in [-0.4, -0.2) is 62.9 Å². The molecule has 25 heavy (non-hydrogen) atoms. The lowest BCUT2D eigenvalue weighted by Crippen LogP contribution is -2.52. The summed E-state index contributed by atoms with van der Waals surface area (Å²) in [5.74, 6) is 1.76. The molecule has 0 saturated carbocycles. The van der Waals surface area contributed by atoms with E-state index in [0.29, 0.717) is 24.3 Å². The Labute approximate surface area is 150 Å². The SMILES string of the molecule is COc1ccc(OC(C)C(=O)NCC(C(C)C)N2CCOCC2)cc1. The molecule has 0 spiro atoms. The van der Waals surface area contributed by atoms with Crippen LogP contribution >= 0.6 is 0 Å². The lowest BCUT2D eigenvalue weighted by atomic mass is 10.0. The molecule has 2 rings (SSSR count). The molecule has 0 aliphatic carbocycles. The second-order valence-corrected chi connectivity index (χ2v) is 6.64. The summed E-state index contributed by atoms with van der Waals surface area (Å²) in [4.78, 5) is 14.8. The van der Waals surface area contributed by atoms with Crippen LogP contribution in [0.2, 0.25) is 0 Å². The number of morpholine rings is 1. The van der Waals surface area contributed by atoms with Crippen LogP contribution in [0.15, 0.2) is 24.3 Å². The molecule has 1 aromatic carbocycles. The molecular weight excluding hydrogens is 320 g/mol. The molecule has 1 aliphatic rings. The summed E-state index contributed by atoms with van der Waals surface area (Å²) < 4.78 is 16.2. The van der Waals surface area contributed by atoms with Crippen molar-refractivity contribution in [1.82, 2.24) is 10.2 Å². The smallest absolute Gasteiger partial charge is 0.260 e. The van der Waals surface area contributed by atoms with E-state index in [-0.39, 0.29) is 5.91 Å². The number of ether oxygens (including phenoxy) is 3. The first-order valence-corrected chi connectivity index (χ1v) is 8.91.